The average Bonchev–Trinajstić information content (AvgIpc) is 2.28. The SMILES string of the molecule is Oc1ccnc(SCc2cccnc2)n1. The highest BCUT2D eigenvalue weighted by atomic mass is 32.2. The van der Waals surface area contributed by atoms with Gasteiger partial charge in [0.2, 0.25) is 5.88 Å². The fourth-order valence-corrected chi connectivity index (χ4v) is 1.79. The zero-order chi connectivity index (χ0) is 10.5. The van der Waals surface area contributed by atoms with Gasteiger partial charge in [-0.3, -0.25) is 4.98 Å². The Labute approximate surface area is 91.4 Å². The van der Waals surface area contributed by atoms with E-state index >= 15 is 0 Å². The molecule has 2 aromatic rings. The molecule has 0 aromatic carbocycles. The molecule has 0 fully saturated rings. The predicted octanol–water partition coefficient (Wildman–Crippen LogP) is 1.87. The Balaban J connectivity index is 1.99. The van der Waals surface area contributed by atoms with Gasteiger partial charge in [-0.1, -0.05) is 17.8 Å². The first-order chi connectivity index (χ1) is 7.34. The number of pyridine rings is 1. The van der Waals surface area contributed by atoms with Crippen LogP contribution >= 0.6 is 11.8 Å². The smallest absolute Gasteiger partial charge is 0.214 e. The number of nitrogens with zero attached hydrogens (tertiary/aromatic N) is 3. The van der Waals surface area contributed by atoms with Crippen molar-refractivity contribution in [3.8, 4) is 5.88 Å². The lowest BCUT2D eigenvalue weighted by Crippen LogP contribution is -1.87. The molecule has 0 saturated carbocycles. The lowest BCUT2D eigenvalue weighted by Gasteiger charge is -1.99. The summed E-state index contributed by atoms with van der Waals surface area (Å²) in [5.41, 5.74) is 1.11. The van der Waals surface area contributed by atoms with Crippen LogP contribution in [0, 0.1) is 0 Å². The topological polar surface area (TPSA) is 58.9 Å². The summed E-state index contributed by atoms with van der Waals surface area (Å²) in [5.74, 6) is 0.746. The van der Waals surface area contributed by atoms with Crippen molar-refractivity contribution >= 4 is 11.8 Å². The molecule has 2 heterocycles. The molecule has 0 amide bonds. The van der Waals surface area contributed by atoms with Gasteiger partial charge < -0.3 is 5.11 Å². The fraction of sp³-hybridized carbons (Fsp3) is 0.100. The van der Waals surface area contributed by atoms with Gasteiger partial charge in [0.05, 0.1) is 0 Å². The van der Waals surface area contributed by atoms with Gasteiger partial charge in [-0.15, -0.1) is 0 Å². The van der Waals surface area contributed by atoms with Gasteiger partial charge in [0, 0.05) is 30.4 Å². The second-order valence-corrected chi connectivity index (χ2v) is 3.79. The van der Waals surface area contributed by atoms with Crippen molar-refractivity contribution in [2.75, 3.05) is 0 Å². The summed E-state index contributed by atoms with van der Waals surface area (Å²) in [4.78, 5) is 11.9. The van der Waals surface area contributed by atoms with Crippen LogP contribution in [0.15, 0.2) is 41.9 Å². The van der Waals surface area contributed by atoms with Gasteiger partial charge in [0.1, 0.15) is 0 Å². The van der Waals surface area contributed by atoms with Gasteiger partial charge in [-0.25, -0.2) is 4.98 Å². The molecule has 0 spiro atoms. The molecule has 2 rings (SSSR count). The van der Waals surface area contributed by atoms with E-state index in [1.54, 1.807) is 12.4 Å². The largest absolute Gasteiger partial charge is 0.493 e. The van der Waals surface area contributed by atoms with E-state index < -0.39 is 0 Å². The lowest BCUT2D eigenvalue weighted by atomic mass is 10.3. The van der Waals surface area contributed by atoms with Crippen LogP contribution in [0.2, 0.25) is 0 Å². The third-order valence-corrected chi connectivity index (χ3v) is 2.64. The molecule has 0 aliphatic rings. The van der Waals surface area contributed by atoms with E-state index in [0.29, 0.717) is 5.16 Å². The van der Waals surface area contributed by atoms with Crippen LogP contribution in [0.25, 0.3) is 0 Å². The Morgan fingerprint density at radius 2 is 2.20 bits per heavy atom. The molecule has 15 heavy (non-hydrogen) atoms. The molecular formula is C10H9N3OS. The number of hydrogen-bond acceptors (Lipinski definition) is 5. The van der Waals surface area contributed by atoms with Crippen molar-refractivity contribution in [2.24, 2.45) is 0 Å². The van der Waals surface area contributed by atoms with E-state index in [4.69, 9.17) is 5.11 Å². The monoisotopic (exact) mass is 219 g/mol. The third-order valence-electron chi connectivity index (χ3n) is 1.71. The summed E-state index contributed by atoms with van der Waals surface area (Å²) < 4.78 is 0. The molecular weight excluding hydrogens is 210 g/mol. The van der Waals surface area contributed by atoms with Crippen LogP contribution in [0.4, 0.5) is 0 Å². The van der Waals surface area contributed by atoms with Crippen LogP contribution in [0.3, 0.4) is 0 Å². The first-order valence-electron chi connectivity index (χ1n) is 4.38. The molecule has 0 radical (unpaired) electrons. The second kappa shape index (κ2) is 4.75. The number of hydrogen-bond donors (Lipinski definition) is 1. The van der Waals surface area contributed by atoms with Gasteiger partial charge in [-0.2, -0.15) is 4.98 Å². The maximum Gasteiger partial charge on any atom is 0.214 e. The summed E-state index contributed by atoms with van der Waals surface area (Å²) in [6, 6.07) is 5.33. The molecule has 0 saturated heterocycles. The highest BCUT2D eigenvalue weighted by Crippen LogP contribution is 2.19. The maximum atomic E-state index is 9.13. The molecule has 5 heteroatoms. The number of aromatic nitrogens is 3. The van der Waals surface area contributed by atoms with Crippen molar-refractivity contribution < 1.29 is 5.11 Å². The average molecular weight is 219 g/mol. The molecule has 0 bridgehead atoms. The van der Waals surface area contributed by atoms with E-state index in [-0.39, 0.29) is 5.88 Å². The van der Waals surface area contributed by atoms with E-state index in [0.717, 1.165) is 11.3 Å². The highest BCUT2D eigenvalue weighted by Gasteiger charge is 1.99. The molecule has 0 unspecified atom stereocenters. The summed E-state index contributed by atoms with van der Waals surface area (Å²) >= 11 is 1.47. The highest BCUT2D eigenvalue weighted by molar-refractivity contribution is 7.98. The normalized spacial score (nSPS) is 10.1. The molecule has 1 N–H and O–H groups in total. The zero-order valence-corrected chi connectivity index (χ0v) is 8.68. The minimum absolute atomic E-state index is 0.00122. The van der Waals surface area contributed by atoms with Crippen molar-refractivity contribution in [1.82, 2.24) is 15.0 Å². The van der Waals surface area contributed by atoms with Crippen LogP contribution in [0.5, 0.6) is 5.88 Å². The molecule has 2 aromatic heterocycles. The summed E-state index contributed by atoms with van der Waals surface area (Å²) in [6.07, 6.45) is 5.07. The van der Waals surface area contributed by atoms with Crippen molar-refractivity contribution in [3.05, 3.63) is 42.4 Å². The number of thioether (sulfide) groups is 1. The summed E-state index contributed by atoms with van der Waals surface area (Å²) in [7, 11) is 0. The minimum Gasteiger partial charge on any atom is -0.493 e. The van der Waals surface area contributed by atoms with E-state index in [1.165, 1.54) is 24.0 Å². The fourth-order valence-electron chi connectivity index (χ4n) is 1.03. The Morgan fingerprint density at radius 1 is 1.27 bits per heavy atom. The van der Waals surface area contributed by atoms with E-state index in [1.807, 2.05) is 12.1 Å². The van der Waals surface area contributed by atoms with Gasteiger partial charge in [-0.05, 0) is 11.6 Å². The third kappa shape index (κ3) is 2.92. The van der Waals surface area contributed by atoms with Crippen LogP contribution in [-0.4, -0.2) is 20.1 Å². The molecule has 0 aliphatic heterocycles. The first-order valence-corrected chi connectivity index (χ1v) is 5.37. The Hall–Kier alpha value is -1.62. The summed E-state index contributed by atoms with van der Waals surface area (Å²) in [6.45, 7) is 0. The van der Waals surface area contributed by atoms with Crippen molar-refractivity contribution in [3.63, 3.8) is 0 Å². The van der Waals surface area contributed by atoms with Crippen LogP contribution in [0.1, 0.15) is 5.56 Å². The maximum absolute atomic E-state index is 9.13. The second-order valence-electron chi connectivity index (χ2n) is 2.85. The van der Waals surface area contributed by atoms with Crippen molar-refractivity contribution in [2.45, 2.75) is 10.9 Å². The molecule has 76 valence electrons. The zero-order valence-electron chi connectivity index (χ0n) is 7.87. The Kier molecular flexibility index (Phi) is 3.14. The number of rotatable bonds is 3. The van der Waals surface area contributed by atoms with E-state index in [9.17, 15) is 0 Å². The van der Waals surface area contributed by atoms with E-state index in [2.05, 4.69) is 15.0 Å². The standard InChI is InChI=1S/C10H9N3OS/c14-9-3-5-12-10(13-9)15-7-8-2-1-4-11-6-8/h1-6H,7H2,(H,12,13,14). The predicted molar refractivity (Wildman–Crippen MR) is 57.5 cm³/mol. The van der Waals surface area contributed by atoms with Crippen molar-refractivity contribution in [1.29, 1.82) is 0 Å². The first kappa shape index (κ1) is 9.92. The van der Waals surface area contributed by atoms with Gasteiger partial charge in [0.25, 0.3) is 0 Å². The Bertz CT molecular complexity index is 436. The number of aromatic hydroxyl groups is 1. The molecule has 0 atom stereocenters. The van der Waals surface area contributed by atoms with Gasteiger partial charge >= 0.3 is 0 Å². The van der Waals surface area contributed by atoms with Crippen LogP contribution in [-0.2, 0) is 5.75 Å². The quantitative estimate of drug-likeness (QED) is 0.630. The summed E-state index contributed by atoms with van der Waals surface area (Å²) in [5, 5.41) is 9.70. The molecule has 4 nitrogen and oxygen atoms in total. The minimum atomic E-state index is -0.00122. The Morgan fingerprint density at radius 3 is 2.93 bits per heavy atom. The van der Waals surface area contributed by atoms with Crippen LogP contribution < -0.4 is 0 Å². The molecule has 0 aliphatic carbocycles. The lowest BCUT2D eigenvalue weighted by molar-refractivity contribution is 0.445. The van der Waals surface area contributed by atoms with Gasteiger partial charge in [0.15, 0.2) is 5.16 Å².